The van der Waals surface area contributed by atoms with Crippen LogP contribution in [0.1, 0.15) is 15.3 Å². The van der Waals surface area contributed by atoms with Crippen molar-refractivity contribution in [2.45, 2.75) is 4.83 Å². The second kappa shape index (κ2) is 5.90. The molecule has 2 aromatic rings. The van der Waals surface area contributed by atoms with Crippen molar-refractivity contribution in [3.05, 3.63) is 49.3 Å². The van der Waals surface area contributed by atoms with Gasteiger partial charge in [0.25, 0.3) is 0 Å². The predicted molar refractivity (Wildman–Crippen MR) is 80.8 cm³/mol. The highest BCUT2D eigenvalue weighted by atomic mass is 79.9. The minimum absolute atomic E-state index is 0.239. The summed E-state index contributed by atoms with van der Waals surface area (Å²) in [6, 6.07) is 4.86. The van der Waals surface area contributed by atoms with Crippen LogP contribution in [0.3, 0.4) is 0 Å². The quantitative estimate of drug-likeness (QED) is 0.456. The number of halogens is 4. The molecule has 96 valence electrons. The first-order chi connectivity index (χ1) is 8.52. The van der Waals surface area contributed by atoms with Crippen molar-refractivity contribution in [1.29, 1.82) is 0 Å². The summed E-state index contributed by atoms with van der Waals surface area (Å²) in [5.41, 5.74) is 0.507. The van der Waals surface area contributed by atoms with Crippen LogP contribution in [0.15, 0.2) is 28.1 Å². The zero-order chi connectivity index (χ0) is 13.3. The van der Waals surface area contributed by atoms with E-state index in [1.165, 1.54) is 17.4 Å². The Hall–Kier alpha value is -0.100. The molecule has 0 N–H and O–H groups in total. The zero-order valence-electron chi connectivity index (χ0n) is 9.22. The van der Waals surface area contributed by atoms with E-state index in [-0.39, 0.29) is 10.6 Å². The Labute approximate surface area is 130 Å². The smallest absolute Gasteiger partial charge is 0.129 e. The van der Waals surface area contributed by atoms with E-state index in [1.807, 2.05) is 11.4 Å². The lowest BCUT2D eigenvalue weighted by Gasteiger charge is -2.10. The molecule has 0 bridgehead atoms. The van der Waals surface area contributed by atoms with Gasteiger partial charge in [-0.2, -0.15) is 0 Å². The second-order valence-electron chi connectivity index (χ2n) is 3.54. The van der Waals surface area contributed by atoms with Gasteiger partial charge in [0.05, 0.1) is 17.0 Å². The monoisotopic (exact) mass is 412 g/mol. The lowest BCUT2D eigenvalue weighted by molar-refractivity contribution is 0.416. The van der Waals surface area contributed by atoms with Gasteiger partial charge in [-0.25, -0.2) is 4.39 Å². The van der Waals surface area contributed by atoms with Crippen LogP contribution in [0.5, 0.6) is 5.75 Å². The van der Waals surface area contributed by atoms with Crippen LogP contribution in [0, 0.1) is 5.82 Å². The van der Waals surface area contributed by atoms with Crippen LogP contribution < -0.4 is 4.74 Å². The van der Waals surface area contributed by atoms with Gasteiger partial charge in [0.2, 0.25) is 0 Å². The lowest BCUT2D eigenvalue weighted by atomic mass is 10.1. The van der Waals surface area contributed by atoms with Gasteiger partial charge >= 0.3 is 0 Å². The Morgan fingerprint density at radius 1 is 1.39 bits per heavy atom. The normalized spacial score (nSPS) is 12.5. The van der Waals surface area contributed by atoms with Gasteiger partial charge in [-0.3, -0.25) is 0 Å². The van der Waals surface area contributed by atoms with Crippen LogP contribution in [-0.4, -0.2) is 7.11 Å². The molecule has 0 aliphatic carbocycles. The summed E-state index contributed by atoms with van der Waals surface area (Å²) in [6.45, 7) is 0. The average Bonchev–Trinajstić information content (AvgIpc) is 2.81. The SMILES string of the molecule is COc1csc(C(Br)c2cc(Cl)c(Br)cc2F)c1. The zero-order valence-corrected chi connectivity index (χ0v) is 14.0. The third-order valence-corrected chi connectivity index (χ3v) is 5.86. The van der Waals surface area contributed by atoms with Crippen molar-refractivity contribution in [3.8, 4) is 5.75 Å². The first-order valence-electron chi connectivity index (χ1n) is 4.94. The van der Waals surface area contributed by atoms with Gasteiger partial charge in [0, 0.05) is 20.3 Å². The van der Waals surface area contributed by atoms with E-state index in [4.69, 9.17) is 16.3 Å². The molecule has 0 aliphatic heterocycles. The number of rotatable bonds is 3. The van der Waals surface area contributed by atoms with E-state index in [0.717, 1.165) is 10.6 Å². The molecule has 6 heteroatoms. The highest BCUT2D eigenvalue weighted by Crippen LogP contribution is 2.40. The number of benzene rings is 1. The molecular formula is C12H8Br2ClFOS. The van der Waals surface area contributed by atoms with Crippen LogP contribution >= 0.6 is 54.8 Å². The molecule has 1 atom stereocenters. The first kappa shape index (κ1) is 14.3. The van der Waals surface area contributed by atoms with Crippen LogP contribution in [0.25, 0.3) is 0 Å². The standard InChI is InChI=1S/C12H8Br2ClFOS/c1-17-6-2-11(18-5-6)12(14)7-3-9(15)8(13)4-10(7)16/h2-5,12H,1H3. The van der Waals surface area contributed by atoms with Crippen molar-refractivity contribution in [1.82, 2.24) is 0 Å². The molecule has 1 aromatic carbocycles. The fourth-order valence-electron chi connectivity index (χ4n) is 1.46. The van der Waals surface area contributed by atoms with Crippen LogP contribution in [-0.2, 0) is 0 Å². The molecular weight excluding hydrogens is 406 g/mol. The van der Waals surface area contributed by atoms with E-state index in [1.54, 1.807) is 13.2 Å². The summed E-state index contributed by atoms with van der Waals surface area (Å²) in [5, 5.41) is 2.36. The summed E-state index contributed by atoms with van der Waals surface area (Å²) in [4.78, 5) is 0.723. The average molecular weight is 415 g/mol. The summed E-state index contributed by atoms with van der Waals surface area (Å²) in [6.07, 6.45) is 0. The first-order valence-corrected chi connectivity index (χ1v) is 7.90. The predicted octanol–water partition coefficient (Wildman–Crippen LogP) is 5.80. The van der Waals surface area contributed by atoms with Crippen LogP contribution in [0.2, 0.25) is 5.02 Å². The molecule has 1 aromatic heterocycles. The fourth-order valence-corrected chi connectivity index (χ4v) is 3.60. The summed E-state index contributed by atoms with van der Waals surface area (Å²) < 4.78 is 19.6. The number of alkyl halides is 1. The maximum atomic E-state index is 13.9. The molecule has 0 radical (unpaired) electrons. The van der Waals surface area contributed by atoms with Gasteiger partial charge in [-0.05, 0) is 34.1 Å². The Kier molecular flexibility index (Phi) is 4.69. The number of methoxy groups -OCH3 is 1. The maximum absolute atomic E-state index is 13.9. The molecule has 0 spiro atoms. The minimum atomic E-state index is -0.305. The van der Waals surface area contributed by atoms with E-state index < -0.39 is 0 Å². The molecule has 1 nitrogen and oxygen atoms in total. The molecule has 1 unspecified atom stereocenters. The van der Waals surface area contributed by atoms with Crippen molar-refractivity contribution in [3.63, 3.8) is 0 Å². The highest BCUT2D eigenvalue weighted by molar-refractivity contribution is 9.10. The van der Waals surface area contributed by atoms with E-state index in [2.05, 4.69) is 31.9 Å². The Balaban J connectivity index is 2.39. The van der Waals surface area contributed by atoms with E-state index in [0.29, 0.717) is 15.1 Å². The van der Waals surface area contributed by atoms with Crippen molar-refractivity contribution in [2.24, 2.45) is 0 Å². The Morgan fingerprint density at radius 3 is 2.72 bits per heavy atom. The van der Waals surface area contributed by atoms with Gasteiger partial charge in [-0.15, -0.1) is 11.3 Å². The number of ether oxygens (including phenoxy) is 1. The minimum Gasteiger partial charge on any atom is -0.496 e. The molecule has 0 saturated heterocycles. The second-order valence-corrected chi connectivity index (χ2v) is 6.66. The molecule has 0 saturated carbocycles. The third kappa shape index (κ3) is 2.90. The molecule has 18 heavy (non-hydrogen) atoms. The molecule has 1 heterocycles. The lowest BCUT2D eigenvalue weighted by Crippen LogP contribution is -1.95. The number of hydrogen-bond donors (Lipinski definition) is 0. The summed E-state index contributed by atoms with van der Waals surface area (Å²) in [7, 11) is 1.60. The van der Waals surface area contributed by atoms with Crippen molar-refractivity contribution >= 4 is 54.8 Å². The van der Waals surface area contributed by atoms with Crippen molar-refractivity contribution in [2.75, 3.05) is 7.11 Å². The van der Waals surface area contributed by atoms with E-state index >= 15 is 0 Å². The number of thiophene rings is 1. The maximum Gasteiger partial charge on any atom is 0.129 e. The Bertz CT molecular complexity index is 573. The van der Waals surface area contributed by atoms with Gasteiger partial charge in [0.1, 0.15) is 11.6 Å². The van der Waals surface area contributed by atoms with Gasteiger partial charge in [-0.1, -0.05) is 27.5 Å². The highest BCUT2D eigenvalue weighted by Gasteiger charge is 2.18. The molecule has 0 amide bonds. The molecule has 0 aliphatic rings. The van der Waals surface area contributed by atoms with E-state index in [9.17, 15) is 4.39 Å². The molecule has 0 fully saturated rings. The Morgan fingerprint density at radius 2 is 2.11 bits per heavy atom. The fraction of sp³-hybridized carbons (Fsp3) is 0.167. The summed E-state index contributed by atoms with van der Waals surface area (Å²) >= 11 is 14.2. The summed E-state index contributed by atoms with van der Waals surface area (Å²) in [5.74, 6) is 0.462. The topological polar surface area (TPSA) is 9.23 Å². The van der Waals surface area contributed by atoms with Crippen LogP contribution in [0.4, 0.5) is 4.39 Å². The van der Waals surface area contributed by atoms with Crippen molar-refractivity contribution < 1.29 is 9.13 Å². The number of hydrogen-bond acceptors (Lipinski definition) is 2. The largest absolute Gasteiger partial charge is 0.496 e. The van der Waals surface area contributed by atoms with Gasteiger partial charge < -0.3 is 4.74 Å². The van der Waals surface area contributed by atoms with Gasteiger partial charge in [0.15, 0.2) is 0 Å². The molecule has 2 rings (SSSR count). The third-order valence-electron chi connectivity index (χ3n) is 2.39.